The number of halogens is 1. The number of rotatable bonds is 7. The van der Waals surface area contributed by atoms with Crippen molar-refractivity contribution in [1.82, 2.24) is 9.97 Å². The summed E-state index contributed by atoms with van der Waals surface area (Å²) >= 11 is 3.50. The highest BCUT2D eigenvalue weighted by Gasteiger charge is 2.15. The van der Waals surface area contributed by atoms with Crippen molar-refractivity contribution in [2.24, 2.45) is 0 Å². The molecule has 0 radical (unpaired) electrons. The minimum atomic E-state index is -0.407. The van der Waals surface area contributed by atoms with Crippen molar-refractivity contribution >= 4 is 32.9 Å². The number of hydrogen-bond acceptors (Lipinski definition) is 5. The van der Waals surface area contributed by atoms with Gasteiger partial charge in [-0.05, 0) is 38.1 Å². The van der Waals surface area contributed by atoms with Gasteiger partial charge in [0.25, 0.3) is 0 Å². The standard InChI is InChI=1S/C19H19BrN2O4/c1-3-24-16-9-12(15(20)10-17(16)25-4-2)11-26-19(23)14-6-8-22-18-13(14)5-7-21-18/h5-10H,3-4,11H2,1-2H3,(H,21,22). The van der Waals surface area contributed by atoms with Gasteiger partial charge in [0.05, 0.1) is 18.8 Å². The van der Waals surface area contributed by atoms with E-state index in [0.717, 1.165) is 15.4 Å². The minimum Gasteiger partial charge on any atom is -0.490 e. The number of esters is 1. The third kappa shape index (κ3) is 3.83. The molecule has 0 saturated carbocycles. The lowest BCUT2D eigenvalue weighted by atomic mass is 10.2. The maximum Gasteiger partial charge on any atom is 0.339 e. The van der Waals surface area contributed by atoms with Crippen molar-refractivity contribution in [2.75, 3.05) is 13.2 Å². The van der Waals surface area contributed by atoms with Crippen molar-refractivity contribution in [1.29, 1.82) is 0 Å². The topological polar surface area (TPSA) is 73.4 Å². The van der Waals surface area contributed by atoms with Gasteiger partial charge in [-0.3, -0.25) is 0 Å². The lowest BCUT2D eigenvalue weighted by Gasteiger charge is -2.14. The number of benzene rings is 1. The first-order valence-electron chi connectivity index (χ1n) is 8.31. The van der Waals surface area contributed by atoms with Crippen LogP contribution in [-0.2, 0) is 11.3 Å². The van der Waals surface area contributed by atoms with Crippen molar-refractivity contribution < 1.29 is 19.0 Å². The Morgan fingerprint density at radius 2 is 1.88 bits per heavy atom. The van der Waals surface area contributed by atoms with E-state index in [1.807, 2.05) is 26.0 Å². The first kappa shape index (κ1) is 18.3. The van der Waals surface area contributed by atoms with Gasteiger partial charge in [-0.15, -0.1) is 0 Å². The van der Waals surface area contributed by atoms with E-state index in [9.17, 15) is 4.79 Å². The Labute approximate surface area is 159 Å². The van der Waals surface area contributed by atoms with Crippen LogP contribution in [-0.4, -0.2) is 29.2 Å². The van der Waals surface area contributed by atoms with Crippen LogP contribution in [0.5, 0.6) is 11.5 Å². The second-order valence-electron chi connectivity index (χ2n) is 5.43. The number of hydrogen-bond donors (Lipinski definition) is 1. The Bertz CT molecular complexity index is 923. The van der Waals surface area contributed by atoms with E-state index in [2.05, 4.69) is 25.9 Å². The van der Waals surface area contributed by atoms with Gasteiger partial charge in [-0.2, -0.15) is 0 Å². The Hall–Kier alpha value is -2.54. The molecule has 0 aliphatic heterocycles. The summed E-state index contributed by atoms with van der Waals surface area (Å²) in [7, 11) is 0. The molecular weight excluding hydrogens is 400 g/mol. The molecule has 3 aromatic rings. The molecule has 0 aliphatic rings. The van der Waals surface area contributed by atoms with Crippen LogP contribution >= 0.6 is 15.9 Å². The summed E-state index contributed by atoms with van der Waals surface area (Å²) in [6.07, 6.45) is 3.32. The predicted molar refractivity (Wildman–Crippen MR) is 102 cm³/mol. The van der Waals surface area contributed by atoms with Crippen LogP contribution in [0, 0.1) is 0 Å². The SMILES string of the molecule is CCOc1cc(Br)c(COC(=O)c2ccnc3[nH]ccc23)cc1OCC. The molecule has 0 spiro atoms. The smallest absolute Gasteiger partial charge is 0.339 e. The van der Waals surface area contributed by atoms with E-state index in [1.165, 1.54) is 0 Å². The zero-order chi connectivity index (χ0) is 18.5. The lowest BCUT2D eigenvalue weighted by molar-refractivity contribution is 0.0474. The Morgan fingerprint density at radius 1 is 1.15 bits per heavy atom. The van der Waals surface area contributed by atoms with E-state index < -0.39 is 5.97 Å². The highest BCUT2D eigenvalue weighted by molar-refractivity contribution is 9.10. The summed E-state index contributed by atoms with van der Waals surface area (Å²) in [5.41, 5.74) is 1.92. The highest BCUT2D eigenvalue weighted by Crippen LogP contribution is 2.34. The molecule has 0 atom stereocenters. The molecule has 0 amide bonds. The maximum atomic E-state index is 12.5. The van der Waals surface area contributed by atoms with Gasteiger partial charge in [0.1, 0.15) is 12.3 Å². The van der Waals surface area contributed by atoms with Crippen molar-refractivity contribution in [3.8, 4) is 11.5 Å². The average molecular weight is 419 g/mol. The van der Waals surface area contributed by atoms with Crippen molar-refractivity contribution in [3.05, 3.63) is 52.3 Å². The zero-order valence-electron chi connectivity index (χ0n) is 14.5. The summed E-state index contributed by atoms with van der Waals surface area (Å²) in [5, 5.41) is 0.735. The number of aromatic amines is 1. The Kier molecular flexibility index (Phi) is 5.78. The molecule has 2 heterocycles. The first-order valence-corrected chi connectivity index (χ1v) is 9.10. The Balaban J connectivity index is 1.79. The van der Waals surface area contributed by atoms with Crippen LogP contribution < -0.4 is 9.47 Å². The van der Waals surface area contributed by atoms with Gasteiger partial charge in [-0.1, -0.05) is 15.9 Å². The molecular formula is C19H19BrN2O4. The van der Waals surface area contributed by atoms with E-state index in [4.69, 9.17) is 14.2 Å². The van der Waals surface area contributed by atoms with Crippen LogP contribution in [0.4, 0.5) is 0 Å². The fourth-order valence-electron chi connectivity index (χ4n) is 2.58. The van der Waals surface area contributed by atoms with E-state index in [-0.39, 0.29) is 6.61 Å². The molecule has 0 unspecified atom stereocenters. The Morgan fingerprint density at radius 3 is 2.62 bits per heavy atom. The molecule has 1 N–H and O–H groups in total. The summed E-state index contributed by atoms with van der Waals surface area (Å²) < 4.78 is 17.5. The van der Waals surface area contributed by atoms with Gasteiger partial charge in [0.15, 0.2) is 11.5 Å². The predicted octanol–water partition coefficient (Wildman–Crippen LogP) is 4.48. The average Bonchev–Trinajstić information content (AvgIpc) is 3.11. The van der Waals surface area contributed by atoms with Crippen LogP contribution in [0.1, 0.15) is 29.8 Å². The molecule has 0 bridgehead atoms. The van der Waals surface area contributed by atoms with Gasteiger partial charge in [0, 0.05) is 27.8 Å². The first-order chi connectivity index (χ1) is 12.6. The van der Waals surface area contributed by atoms with E-state index in [0.29, 0.717) is 35.9 Å². The molecule has 0 saturated heterocycles. The number of ether oxygens (including phenoxy) is 3. The summed E-state index contributed by atoms with van der Waals surface area (Å²) in [4.78, 5) is 19.6. The molecule has 2 aromatic heterocycles. The number of nitrogens with one attached hydrogen (secondary N) is 1. The third-order valence-electron chi connectivity index (χ3n) is 3.75. The van der Waals surface area contributed by atoms with Crippen LogP contribution in [0.15, 0.2) is 41.1 Å². The number of nitrogens with zero attached hydrogens (tertiary/aromatic N) is 1. The maximum absolute atomic E-state index is 12.5. The molecule has 136 valence electrons. The minimum absolute atomic E-state index is 0.111. The fourth-order valence-corrected chi connectivity index (χ4v) is 3.02. The monoisotopic (exact) mass is 418 g/mol. The number of pyridine rings is 1. The van der Waals surface area contributed by atoms with Gasteiger partial charge in [0.2, 0.25) is 0 Å². The second-order valence-corrected chi connectivity index (χ2v) is 6.29. The van der Waals surface area contributed by atoms with Crippen LogP contribution in [0.2, 0.25) is 0 Å². The summed E-state index contributed by atoms with van der Waals surface area (Å²) in [6, 6.07) is 7.11. The lowest BCUT2D eigenvalue weighted by Crippen LogP contribution is -2.07. The van der Waals surface area contributed by atoms with Crippen LogP contribution in [0.3, 0.4) is 0 Å². The number of fused-ring (bicyclic) bond motifs is 1. The number of aromatic nitrogens is 2. The largest absolute Gasteiger partial charge is 0.490 e. The molecule has 7 heteroatoms. The van der Waals surface area contributed by atoms with Gasteiger partial charge >= 0.3 is 5.97 Å². The van der Waals surface area contributed by atoms with E-state index in [1.54, 1.807) is 24.5 Å². The molecule has 1 aromatic carbocycles. The van der Waals surface area contributed by atoms with Crippen molar-refractivity contribution in [3.63, 3.8) is 0 Å². The molecule has 26 heavy (non-hydrogen) atoms. The zero-order valence-corrected chi connectivity index (χ0v) is 16.1. The normalized spacial score (nSPS) is 10.7. The molecule has 3 rings (SSSR count). The highest BCUT2D eigenvalue weighted by atomic mass is 79.9. The summed E-state index contributed by atoms with van der Waals surface area (Å²) in [6.45, 7) is 4.98. The second kappa shape index (κ2) is 8.23. The van der Waals surface area contributed by atoms with Crippen LogP contribution in [0.25, 0.3) is 11.0 Å². The number of H-pyrrole nitrogens is 1. The number of carbonyl (C=O) groups excluding carboxylic acids is 1. The molecule has 6 nitrogen and oxygen atoms in total. The van der Waals surface area contributed by atoms with E-state index >= 15 is 0 Å². The van der Waals surface area contributed by atoms with Crippen molar-refractivity contribution in [2.45, 2.75) is 20.5 Å². The number of carbonyl (C=O) groups is 1. The van der Waals surface area contributed by atoms with Gasteiger partial charge in [-0.25, -0.2) is 9.78 Å². The van der Waals surface area contributed by atoms with Gasteiger partial charge < -0.3 is 19.2 Å². The molecule has 0 aliphatic carbocycles. The fraction of sp³-hybridized carbons (Fsp3) is 0.263. The molecule has 0 fully saturated rings. The summed E-state index contributed by atoms with van der Waals surface area (Å²) in [5.74, 6) is 0.871. The third-order valence-corrected chi connectivity index (χ3v) is 4.49. The quantitative estimate of drug-likeness (QED) is 0.572.